The van der Waals surface area contributed by atoms with Crippen molar-refractivity contribution in [1.29, 1.82) is 5.41 Å². The summed E-state index contributed by atoms with van der Waals surface area (Å²) in [5.41, 5.74) is 18.0. The minimum atomic E-state index is -0.926. The molecule has 2 heterocycles. The van der Waals surface area contributed by atoms with Gasteiger partial charge in [-0.15, -0.1) is 0 Å². The second-order valence-corrected chi connectivity index (χ2v) is 6.44. The summed E-state index contributed by atoms with van der Waals surface area (Å²) in [7, 11) is 0. The number of imidazole rings is 1. The highest BCUT2D eigenvalue weighted by atomic mass is 16.1. The normalized spacial score (nSPS) is 21.2. The lowest BCUT2D eigenvalue weighted by Gasteiger charge is -2.25. The highest BCUT2D eigenvalue weighted by Gasteiger charge is 2.22. The van der Waals surface area contributed by atoms with Gasteiger partial charge in [0, 0.05) is 36.4 Å². The Hall–Kier alpha value is -3.27. The zero-order valence-corrected chi connectivity index (χ0v) is 14.8. The van der Waals surface area contributed by atoms with Gasteiger partial charge in [0.15, 0.2) is 11.5 Å². The van der Waals surface area contributed by atoms with E-state index in [1.54, 1.807) is 30.7 Å². The number of rotatable bonds is 4. The first kappa shape index (κ1) is 18.5. The number of carbonyl (C=O) groups excluding carboxylic acids is 1. The Balaban J connectivity index is 1.86. The number of carbonyl (C=O) groups is 1. The van der Waals surface area contributed by atoms with Crippen molar-refractivity contribution in [2.45, 2.75) is 37.8 Å². The highest BCUT2D eigenvalue weighted by molar-refractivity contribution is 6.67. The molecule has 3 rings (SSSR count). The van der Waals surface area contributed by atoms with Crippen LogP contribution in [0.1, 0.15) is 25.7 Å². The molecule has 0 radical (unpaired) electrons. The Bertz CT molecular complexity index is 914. The summed E-state index contributed by atoms with van der Waals surface area (Å²) in [4.78, 5) is 24.1. The number of primary amides is 1. The van der Waals surface area contributed by atoms with Crippen LogP contribution < -0.4 is 22.5 Å². The van der Waals surface area contributed by atoms with Gasteiger partial charge in [0.05, 0.1) is 6.04 Å². The maximum absolute atomic E-state index is 11.5. The van der Waals surface area contributed by atoms with Gasteiger partial charge in [-0.2, -0.15) is 4.99 Å². The number of fused-ring (bicyclic) bond motifs is 1. The van der Waals surface area contributed by atoms with Gasteiger partial charge in [-0.25, -0.2) is 9.98 Å². The van der Waals surface area contributed by atoms with E-state index in [0.717, 1.165) is 25.7 Å². The first-order valence-electron chi connectivity index (χ1n) is 8.70. The number of nitrogens with zero attached hydrogens (tertiary/aromatic N) is 4. The smallest absolute Gasteiger partial charge is 0.270 e. The summed E-state index contributed by atoms with van der Waals surface area (Å²) in [6.07, 6.45) is 9.09. The predicted molar refractivity (Wildman–Crippen MR) is 105 cm³/mol. The Morgan fingerprint density at radius 2 is 2.07 bits per heavy atom. The number of hydrogen-bond donors (Lipinski definition) is 5. The molecule has 0 spiro atoms. The number of hydrogen-bond acceptors (Lipinski definition) is 5. The first-order chi connectivity index (χ1) is 12.9. The Morgan fingerprint density at radius 1 is 1.30 bits per heavy atom. The fraction of sp³-hybridized carbons (Fsp3) is 0.353. The molecule has 27 heavy (non-hydrogen) atoms. The SMILES string of the molecule is N=C(C(N)=O)C(=NC(N)=N[C@@H]1CCCC[C@@H]1N)Nc1ccn2ccnc2c1. The van der Waals surface area contributed by atoms with Gasteiger partial charge in [-0.1, -0.05) is 12.8 Å². The lowest BCUT2D eigenvalue weighted by molar-refractivity contribution is -0.111. The number of amidine groups is 1. The molecule has 10 heteroatoms. The number of guanidine groups is 1. The van der Waals surface area contributed by atoms with Crippen LogP contribution in [0.4, 0.5) is 5.69 Å². The number of pyridine rings is 1. The van der Waals surface area contributed by atoms with Crippen LogP contribution in [0.2, 0.25) is 0 Å². The molecule has 2 aromatic rings. The largest absolute Gasteiger partial charge is 0.368 e. The van der Waals surface area contributed by atoms with Crippen LogP contribution in [0.15, 0.2) is 40.7 Å². The molecule has 1 saturated carbocycles. The van der Waals surface area contributed by atoms with E-state index >= 15 is 0 Å². The molecule has 2 aromatic heterocycles. The molecule has 1 amide bonds. The quantitative estimate of drug-likeness (QED) is 0.382. The average molecular weight is 369 g/mol. The molecule has 1 aliphatic rings. The van der Waals surface area contributed by atoms with Crippen molar-refractivity contribution >= 4 is 34.7 Å². The van der Waals surface area contributed by atoms with Gasteiger partial charge in [-0.3, -0.25) is 10.2 Å². The molecule has 1 fully saturated rings. The molecule has 0 unspecified atom stereocenters. The second kappa shape index (κ2) is 7.96. The predicted octanol–water partition coefficient (Wildman–Crippen LogP) is 0.234. The van der Waals surface area contributed by atoms with Gasteiger partial charge in [0.2, 0.25) is 5.96 Å². The summed E-state index contributed by atoms with van der Waals surface area (Å²) < 4.78 is 1.82. The second-order valence-electron chi connectivity index (χ2n) is 6.44. The van der Waals surface area contributed by atoms with Crippen molar-refractivity contribution in [3.63, 3.8) is 0 Å². The summed E-state index contributed by atoms with van der Waals surface area (Å²) in [5, 5.41) is 10.8. The van der Waals surface area contributed by atoms with Crippen molar-refractivity contribution in [1.82, 2.24) is 9.38 Å². The third-order valence-corrected chi connectivity index (χ3v) is 4.45. The maximum Gasteiger partial charge on any atom is 0.270 e. The van der Waals surface area contributed by atoms with Crippen LogP contribution in [0.25, 0.3) is 5.65 Å². The van der Waals surface area contributed by atoms with Crippen LogP contribution in [0.3, 0.4) is 0 Å². The number of anilines is 1. The van der Waals surface area contributed by atoms with E-state index in [0.29, 0.717) is 11.3 Å². The highest BCUT2D eigenvalue weighted by Crippen LogP contribution is 2.19. The van der Waals surface area contributed by atoms with E-state index in [1.165, 1.54) is 0 Å². The summed E-state index contributed by atoms with van der Waals surface area (Å²) >= 11 is 0. The van der Waals surface area contributed by atoms with E-state index in [2.05, 4.69) is 20.3 Å². The van der Waals surface area contributed by atoms with Gasteiger partial charge in [0.25, 0.3) is 5.91 Å². The Morgan fingerprint density at radius 3 is 2.81 bits per heavy atom. The molecular weight excluding hydrogens is 346 g/mol. The van der Waals surface area contributed by atoms with Crippen LogP contribution >= 0.6 is 0 Å². The van der Waals surface area contributed by atoms with Gasteiger partial charge >= 0.3 is 0 Å². The lowest BCUT2D eigenvalue weighted by atomic mass is 9.91. The number of aromatic nitrogens is 2. The molecule has 10 nitrogen and oxygen atoms in total. The van der Waals surface area contributed by atoms with Crippen molar-refractivity contribution in [3.8, 4) is 0 Å². The molecule has 142 valence electrons. The fourth-order valence-electron chi connectivity index (χ4n) is 3.00. The monoisotopic (exact) mass is 369 g/mol. The van der Waals surface area contributed by atoms with Gasteiger partial charge in [-0.05, 0) is 18.9 Å². The van der Waals surface area contributed by atoms with E-state index in [1.807, 2.05) is 4.40 Å². The molecule has 0 aliphatic heterocycles. The van der Waals surface area contributed by atoms with Gasteiger partial charge in [0.1, 0.15) is 5.65 Å². The van der Waals surface area contributed by atoms with Gasteiger partial charge < -0.3 is 26.9 Å². The lowest BCUT2D eigenvalue weighted by Crippen LogP contribution is -2.38. The molecular formula is C17H23N9O. The molecule has 8 N–H and O–H groups in total. The topological polar surface area (TPSA) is 173 Å². The molecule has 0 saturated heterocycles. The van der Waals surface area contributed by atoms with Crippen LogP contribution in [0.5, 0.6) is 0 Å². The van der Waals surface area contributed by atoms with Crippen LogP contribution in [0, 0.1) is 5.41 Å². The van der Waals surface area contributed by atoms with Crippen molar-refractivity contribution in [3.05, 3.63) is 30.7 Å². The third-order valence-electron chi connectivity index (χ3n) is 4.45. The molecule has 2 atom stereocenters. The van der Waals surface area contributed by atoms with Crippen molar-refractivity contribution < 1.29 is 4.79 Å². The van der Waals surface area contributed by atoms with Crippen molar-refractivity contribution in [2.75, 3.05) is 5.32 Å². The zero-order chi connectivity index (χ0) is 19.4. The number of aliphatic imine (C=N–C) groups is 2. The van der Waals surface area contributed by atoms with Crippen molar-refractivity contribution in [2.24, 2.45) is 27.2 Å². The standard InChI is InChI=1S/C17H23N9O/c18-11-3-1-2-4-12(11)24-17(21)25-16(14(19)15(20)27)23-10-5-7-26-8-6-22-13(26)9-10/h5-9,11-12,19H,1-4,18H2,(H2,20,27)(H3,21,23,24,25)/t11-,12+/m0/s1. The Kier molecular flexibility index (Phi) is 5.46. The fourth-order valence-corrected chi connectivity index (χ4v) is 3.00. The zero-order valence-electron chi connectivity index (χ0n) is 14.8. The minimum Gasteiger partial charge on any atom is -0.368 e. The van der Waals surface area contributed by atoms with E-state index in [9.17, 15) is 4.79 Å². The first-order valence-corrected chi connectivity index (χ1v) is 8.70. The van der Waals surface area contributed by atoms with E-state index in [-0.39, 0.29) is 23.9 Å². The molecule has 0 bridgehead atoms. The van der Waals surface area contributed by atoms with Crippen LogP contribution in [-0.2, 0) is 4.79 Å². The van der Waals surface area contributed by atoms with Crippen LogP contribution in [-0.4, -0.2) is 44.9 Å². The minimum absolute atomic E-state index is 0.0484. The average Bonchev–Trinajstić information content (AvgIpc) is 3.10. The third kappa shape index (κ3) is 4.47. The summed E-state index contributed by atoms with van der Waals surface area (Å²) in [6, 6.07) is 3.31. The van der Waals surface area contributed by atoms with E-state index in [4.69, 9.17) is 22.6 Å². The Labute approximate surface area is 156 Å². The molecule has 1 aliphatic carbocycles. The summed E-state index contributed by atoms with van der Waals surface area (Å²) in [5.74, 6) is -1.05. The maximum atomic E-state index is 11.5. The number of amides is 1. The number of nitrogens with one attached hydrogen (secondary N) is 2. The summed E-state index contributed by atoms with van der Waals surface area (Å²) in [6.45, 7) is 0. The molecule has 0 aromatic carbocycles. The van der Waals surface area contributed by atoms with E-state index < -0.39 is 11.6 Å². The number of nitrogens with two attached hydrogens (primary N) is 3.